The normalized spacial score (nSPS) is 10.7. The number of ether oxygens (including phenoxy) is 3. The zero-order valence-electron chi connectivity index (χ0n) is 18.1. The van der Waals surface area contributed by atoms with Crippen LogP contribution in [0.3, 0.4) is 0 Å². The third-order valence-electron chi connectivity index (χ3n) is 4.58. The summed E-state index contributed by atoms with van der Waals surface area (Å²) in [7, 11) is 3.04. The lowest BCUT2D eigenvalue weighted by Crippen LogP contribution is -2.17. The van der Waals surface area contributed by atoms with Crippen LogP contribution in [-0.2, 0) is 6.61 Å². The molecular formula is C23H19BrIN3O6. The number of benzene rings is 3. The van der Waals surface area contributed by atoms with E-state index in [0.717, 1.165) is 3.57 Å². The summed E-state index contributed by atoms with van der Waals surface area (Å²) in [4.78, 5) is 22.9. The first-order chi connectivity index (χ1) is 16.3. The fraction of sp³-hybridized carbons (Fsp3) is 0.130. The summed E-state index contributed by atoms with van der Waals surface area (Å²) in [5, 5.41) is 15.0. The number of nitrogens with zero attached hydrogens (tertiary/aromatic N) is 2. The minimum Gasteiger partial charge on any atom is -0.496 e. The molecule has 0 saturated heterocycles. The maximum absolute atomic E-state index is 12.4. The van der Waals surface area contributed by atoms with Gasteiger partial charge in [0, 0.05) is 27.7 Å². The summed E-state index contributed by atoms with van der Waals surface area (Å²) in [5.41, 5.74) is 4.17. The van der Waals surface area contributed by atoms with E-state index < -0.39 is 4.92 Å². The Balaban J connectivity index is 1.70. The molecule has 0 fully saturated rings. The van der Waals surface area contributed by atoms with Crippen LogP contribution in [0.1, 0.15) is 21.5 Å². The Hall–Kier alpha value is -3.19. The van der Waals surface area contributed by atoms with Crippen LogP contribution in [-0.4, -0.2) is 31.3 Å². The van der Waals surface area contributed by atoms with Crippen molar-refractivity contribution in [1.82, 2.24) is 5.43 Å². The standard InChI is InChI=1S/C23H19BrIN3O6/c1-32-20-9-15(6-7-19(20)25)23(29)27-26-12-16-10-21(33-2)22(11-18(16)24)34-13-14-4-3-5-17(8-14)28(30)31/h3-12H,13H2,1-2H3,(H,27,29)/b26-12-. The minimum atomic E-state index is -0.456. The Labute approximate surface area is 217 Å². The SMILES string of the molecule is COc1cc(C(=O)N/N=C\c2cc(OC)c(OCc3cccc([N+](=O)[O-])c3)cc2Br)ccc1I. The Morgan fingerprint density at radius 2 is 1.88 bits per heavy atom. The topological polar surface area (TPSA) is 112 Å². The van der Waals surface area contributed by atoms with Crippen molar-refractivity contribution in [3.05, 3.63) is 89.4 Å². The highest BCUT2D eigenvalue weighted by Crippen LogP contribution is 2.33. The molecule has 0 saturated carbocycles. The van der Waals surface area contributed by atoms with Gasteiger partial charge in [-0.05, 0) is 74.4 Å². The molecule has 3 rings (SSSR count). The fourth-order valence-electron chi connectivity index (χ4n) is 2.87. The average Bonchev–Trinajstić information content (AvgIpc) is 2.84. The number of nitro groups is 1. The molecular weight excluding hydrogens is 621 g/mol. The fourth-order valence-corrected chi connectivity index (χ4v) is 3.85. The number of nitro benzene ring substituents is 1. The molecule has 0 heterocycles. The molecule has 0 aliphatic carbocycles. The van der Waals surface area contributed by atoms with E-state index in [1.807, 2.05) is 0 Å². The number of hydrogen-bond acceptors (Lipinski definition) is 7. The van der Waals surface area contributed by atoms with Gasteiger partial charge in [0.25, 0.3) is 11.6 Å². The lowest BCUT2D eigenvalue weighted by atomic mass is 10.2. The monoisotopic (exact) mass is 639 g/mol. The molecule has 3 aromatic carbocycles. The smallest absolute Gasteiger partial charge is 0.271 e. The predicted octanol–water partition coefficient (Wildman–Crippen LogP) is 5.32. The molecule has 0 unspecified atom stereocenters. The molecule has 1 N–H and O–H groups in total. The van der Waals surface area contributed by atoms with Gasteiger partial charge in [0.1, 0.15) is 12.4 Å². The Morgan fingerprint density at radius 1 is 1.12 bits per heavy atom. The van der Waals surface area contributed by atoms with Crippen LogP contribution in [0.2, 0.25) is 0 Å². The summed E-state index contributed by atoms with van der Waals surface area (Å²) in [6.45, 7) is 0.119. The van der Waals surface area contributed by atoms with E-state index >= 15 is 0 Å². The van der Waals surface area contributed by atoms with Crippen molar-refractivity contribution >= 4 is 56.3 Å². The predicted molar refractivity (Wildman–Crippen MR) is 139 cm³/mol. The highest BCUT2D eigenvalue weighted by atomic mass is 127. The molecule has 0 aromatic heterocycles. The van der Waals surface area contributed by atoms with Crippen molar-refractivity contribution in [3.8, 4) is 17.2 Å². The molecule has 0 aliphatic heterocycles. The van der Waals surface area contributed by atoms with Gasteiger partial charge in [-0.15, -0.1) is 0 Å². The van der Waals surface area contributed by atoms with Gasteiger partial charge < -0.3 is 14.2 Å². The number of carbonyl (C=O) groups excluding carboxylic acids is 1. The maximum Gasteiger partial charge on any atom is 0.271 e. The summed E-state index contributed by atoms with van der Waals surface area (Å²) < 4.78 is 18.0. The van der Waals surface area contributed by atoms with E-state index in [-0.39, 0.29) is 18.2 Å². The number of hydrazone groups is 1. The largest absolute Gasteiger partial charge is 0.496 e. The summed E-state index contributed by atoms with van der Waals surface area (Å²) >= 11 is 5.58. The lowest BCUT2D eigenvalue weighted by molar-refractivity contribution is -0.384. The van der Waals surface area contributed by atoms with Gasteiger partial charge in [0.05, 0.1) is 28.9 Å². The van der Waals surface area contributed by atoms with E-state index in [9.17, 15) is 14.9 Å². The highest BCUT2D eigenvalue weighted by Gasteiger charge is 2.12. The van der Waals surface area contributed by atoms with Crippen LogP contribution in [0.25, 0.3) is 0 Å². The van der Waals surface area contributed by atoms with Crippen molar-refractivity contribution in [3.63, 3.8) is 0 Å². The molecule has 0 radical (unpaired) electrons. The van der Waals surface area contributed by atoms with Crippen molar-refractivity contribution in [2.45, 2.75) is 6.61 Å². The second kappa shape index (κ2) is 11.8. The minimum absolute atomic E-state index is 0.00784. The summed E-state index contributed by atoms with van der Waals surface area (Å²) in [5.74, 6) is 1.09. The lowest BCUT2D eigenvalue weighted by Gasteiger charge is -2.13. The number of rotatable bonds is 9. The van der Waals surface area contributed by atoms with Gasteiger partial charge in [-0.2, -0.15) is 5.10 Å². The number of methoxy groups -OCH3 is 2. The zero-order valence-corrected chi connectivity index (χ0v) is 21.8. The molecule has 9 nitrogen and oxygen atoms in total. The third-order valence-corrected chi connectivity index (χ3v) is 6.16. The number of hydrogen-bond donors (Lipinski definition) is 1. The second-order valence-electron chi connectivity index (χ2n) is 6.79. The van der Waals surface area contributed by atoms with Gasteiger partial charge >= 0.3 is 0 Å². The first kappa shape index (κ1) is 25.4. The number of non-ortho nitro benzene ring substituents is 1. The Bertz CT molecular complexity index is 1250. The van der Waals surface area contributed by atoms with Crippen LogP contribution in [0.15, 0.2) is 64.2 Å². The van der Waals surface area contributed by atoms with Gasteiger partial charge in [-0.25, -0.2) is 5.43 Å². The Morgan fingerprint density at radius 3 is 2.59 bits per heavy atom. The number of halogens is 2. The van der Waals surface area contributed by atoms with Gasteiger partial charge in [-0.3, -0.25) is 14.9 Å². The van der Waals surface area contributed by atoms with Crippen LogP contribution < -0.4 is 19.6 Å². The maximum atomic E-state index is 12.4. The van der Waals surface area contributed by atoms with Crippen molar-refractivity contribution in [2.75, 3.05) is 14.2 Å². The molecule has 3 aromatic rings. The average molecular weight is 640 g/mol. The van der Waals surface area contributed by atoms with Gasteiger partial charge in [-0.1, -0.05) is 12.1 Å². The first-order valence-electron chi connectivity index (χ1n) is 9.73. The number of amides is 1. The van der Waals surface area contributed by atoms with E-state index in [0.29, 0.717) is 38.4 Å². The quantitative estimate of drug-likeness (QED) is 0.147. The third kappa shape index (κ3) is 6.44. The highest BCUT2D eigenvalue weighted by molar-refractivity contribution is 14.1. The second-order valence-corrected chi connectivity index (χ2v) is 8.81. The molecule has 0 aliphatic rings. The molecule has 0 bridgehead atoms. The van der Waals surface area contributed by atoms with Crippen molar-refractivity contribution < 1.29 is 23.9 Å². The number of carbonyl (C=O) groups is 1. The van der Waals surface area contributed by atoms with Crippen LogP contribution in [0, 0.1) is 13.7 Å². The number of nitrogens with one attached hydrogen (secondary N) is 1. The molecule has 1 amide bonds. The molecule has 0 atom stereocenters. The summed E-state index contributed by atoms with van der Waals surface area (Å²) in [6, 6.07) is 14.7. The van der Waals surface area contributed by atoms with E-state index in [1.54, 1.807) is 49.6 Å². The van der Waals surface area contributed by atoms with Crippen molar-refractivity contribution in [2.24, 2.45) is 5.10 Å². The van der Waals surface area contributed by atoms with E-state index in [4.69, 9.17) is 14.2 Å². The van der Waals surface area contributed by atoms with Gasteiger partial charge in [0.15, 0.2) is 11.5 Å². The molecule has 176 valence electrons. The van der Waals surface area contributed by atoms with Crippen molar-refractivity contribution in [1.29, 1.82) is 0 Å². The molecule has 11 heteroatoms. The van der Waals surface area contributed by atoms with Crippen LogP contribution in [0.4, 0.5) is 5.69 Å². The Kier molecular flexibility index (Phi) is 8.82. The summed E-state index contributed by atoms with van der Waals surface area (Å²) in [6.07, 6.45) is 1.47. The van der Waals surface area contributed by atoms with E-state index in [2.05, 4.69) is 49.0 Å². The zero-order chi connectivity index (χ0) is 24.7. The first-order valence-corrected chi connectivity index (χ1v) is 11.6. The van der Waals surface area contributed by atoms with E-state index in [1.165, 1.54) is 25.5 Å². The molecule has 0 spiro atoms. The van der Waals surface area contributed by atoms with Crippen LogP contribution >= 0.6 is 38.5 Å². The molecule has 34 heavy (non-hydrogen) atoms. The van der Waals surface area contributed by atoms with Gasteiger partial charge in [0.2, 0.25) is 0 Å². The van der Waals surface area contributed by atoms with Crippen LogP contribution in [0.5, 0.6) is 17.2 Å².